The number of nitrogens with zero attached hydrogens (tertiary/aromatic N) is 1. The molecule has 1 aliphatic heterocycles. The Morgan fingerprint density at radius 1 is 1.55 bits per heavy atom. The monoisotopic (exact) mass is 301 g/mol. The largest absolute Gasteiger partial charge is 0.378 e. The molecule has 20 heavy (non-hydrogen) atoms. The fourth-order valence-corrected chi connectivity index (χ4v) is 2.88. The van der Waals surface area contributed by atoms with E-state index in [-0.39, 0.29) is 28.6 Å². The molecule has 0 saturated carbocycles. The number of carbonyl (C=O) groups excluding carboxylic acids is 1. The molecular weight excluding hydrogens is 282 g/mol. The van der Waals surface area contributed by atoms with Gasteiger partial charge in [-0.2, -0.15) is 0 Å². The molecule has 1 aromatic heterocycles. The predicted octanol–water partition coefficient (Wildman–Crippen LogP) is -0.0302. The van der Waals surface area contributed by atoms with E-state index < -0.39 is 10.0 Å². The molecule has 1 saturated heterocycles. The minimum atomic E-state index is -3.80. The van der Waals surface area contributed by atoms with Crippen LogP contribution in [0, 0.1) is 0 Å². The van der Waals surface area contributed by atoms with Crippen LogP contribution in [0.5, 0.6) is 0 Å². The number of sulfonamides is 1. The Hall–Kier alpha value is -1.38. The summed E-state index contributed by atoms with van der Waals surface area (Å²) in [6.45, 7) is 2.57. The quantitative estimate of drug-likeness (QED) is 0.818. The fraction of sp³-hybridized carbons (Fsp3) is 0.583. The van der Waals surface area contributed by atoms with Crippen molar-refractivity contribution in [2.45, 2.75) is 36.8 Å². The molecule has 2 heterocycles. The van der Waals surface area contributed by atoms with Gasteiger partial charge in [-0.15, -0.1) is 0 Å². The van der Waals surface area contributed by atoms with E-state index in [9.17, 15) is 13.2 Å². The summed E-state index contributed by atoms with van der Waals surface area (Å²) in [6.07, 6.45) is 2.94. The second-order valence-corrected chi connectivity index (χ2v) is 6.65. The van der Waals surface area contributed by atoms with Crippen molar-refractivity contribution in [3.05, 3.63) is 18.0 Å². The summed E-state index contributed by atoms with van der Waals surface area (Å²) < 4.78 is 29.4. The van der Waals surface area contributed by atoms with Crippen molar-refractivity contribution in [2.75, 3.05) is 6.61 Å². The van der Waals surface area contributed by atoms with Gasteiger partial charge in [0.1, 0.15) is 10.6 Å². The van der Waals surface area contributed by atoms with Gasteiger partial charge in [0.25, 0.3) is 5.91 Å². The van der Waals surface area contributed by atoms with Gasteiger partial charge in [0.2, 0.25) is 10.0 Å². The van der Waals surface area contributed by atoms with Crippen LogP contribution in [-0.4, -0.2) is 37.6 Å². The molecule has 1 amide bonds. The number of rotatable bonds is 3. The molecule has 1 aliphatic rings. The van der Waals surface area contributed by atoms with Crippen molar-refractivity contribution in [2.24, 2.45) is 12.2 Å². The van der Waals surface area contributed by atoms with Gasteiger partial charge < -0.3 is 14.6 Å². The average Bonchev–Trinajstić information content (AvgIpc) is 2.71. The van der Waals surface area contributed by atoms with Crippen LogP contribution in [0.4, 0.5) is 0 Å². The van der Waals surface area contributed by atoms with Crippen LogP contribution in [-0.2, 0) is 21.8 Å². The van der Waals surface area contributed by atoms with Crippen molar-refractivity contribution in [3.8, 4) is 0 Å². The summed E-state index contributed by atoms with van der Waals surface area (Å²) in [7, 11) is -2.19. The first-order valence-corrected chi connectivity index (χ1v) is 7.93. The van der Waals surface area contributed by atoms with Gasteiger partial charge in [0.15, 0.2) is 0 Å². The SMILES string of the molecule is CC1CC(NC(=O)c2cc(S(N)(=O)=O)cn2C)CCO1. The van der Waals surface area contributed by atoms with Crippen molar-refractivity contribution in [1.29, 1.82) is 0 Å². The minimum absolute atomic E-state index is 0.0408. The third kappa shape index (κ3) is 3.38. The second-order valence-electron chi connectivity index (χ2n) is 5.09. The average molecular weight is 301 g/mol. The van der Waals surface area contributed by atoms with Crippen molar-refractivity contribution < 1.29 is 17.9 Å². The highest BCUT2D eigenvalue weighted by Crippen LogP contribution is 2.15. The van der Waals surface area contributed by atoms with Crippen molar-refractivity contribution >= 4 is 15.9 Å². The second kappa shape index (κ2) is 5.55. The number of carbonyl (C=O) groups is 1. The molecule has 1 aromatic rings. The number of nitrogens with one attached hydrogen (secondary N) is 1. The Balaban J connectivity index is 2.11. The maximum absolute atomic E-state index is 12.2. The fourth-order valence-electron chi connectivity index (χ4n) is 2.30. The number of hydrogen-bond donors (Lipinski definition) is 2. The molecule has 0 radical (unpaired) electrons. The first-order chi connectivity index (χ1) is 9.27. The molecule has 0 bridgehead atoms. The molecule has 8 heteroatoms. The zero-order valence-corrected chi connectivity index (χ0v) is 12.3. The Morgan fingerprint density at radius 3 is 2.80 bits per heavy atom. The molecule has 2 atom stereocenters. The van der Waals surface area contributed by atoms with E-state index in [1.54, 1.807) is 7.05 Å². The summed E-state index contributed by atoms with van der Waals surface area (Å²) >= 11 is 0. The lowest BCUT2D eigenvalue weighted by atomic mass is 10.0. The highest BCUT2D eigenvalue weighted by Gasteiger charge is 2.23. The summed E-state index contributed by atoms with van der Waals surface area (Å²) in [5, 5.41) is 7.95. The van der Waals surface area contributed by atoms with E-state index in [2.05, 4.69) is 5.32 Å². The maximum atomic E-state index is 12.2. The van der Waals surface area contributed by atoms with Gasteiger partial charge in [-0.25, -0.2) is 13.6 Å². The van der Waals surface area contributed by atoms with Crippen LogP contribution in [0.15, 0.2) is 17.2 Å². The molecule has 0 aliphatic carbocycles. The molecule has 2 unspecified atom stereocenters. The number of aryl methyl sites for hydroxylation is 1. The maximum Gasteiger partial charge on any atom is 0.268 e. The van der Waals surface area contributed by atoms with Crippen molar-refractivity contribution in [3.63, 3.8) is 0 Å². The van der Waals surface area contributed by atoms with Gasteiger partial charge in [-0.3, -0.25) is 4.79 Å². The summed E-state index contributed by atoms with van der Waals surface area (Å²) in [5.41, 5.74) is 0.271. The van der Waals surface area contributed by atoms with Gasteiger partial charge >= 0.3 is 0 Å². The van der Waals surface area contributed by atoms with Crippen LogP contribution in [0.1, 0.15) is 30.3 Å². The van der Waals surface area contributed by atoms with E-state index in [1.165, 1.54) is 16.8 Å². The standard InChI is InChI=1S/C12H19N3O4S/c1-8-5-9(3-4-19-8)14-12(16)11-6-10(7-15(11)2)20(13,17)18/h6-9H,3-5H2,1-2H3,(H,14,16)(H2,13,17,18). The zero-order valence-electron chi connectivity index (χ0n) is 11.5. The van der Waals surface area contributed by atoms with Crippen LogP contribution < -0.4 is 10.5 Å². The number of ether oxygens (including phenoxy) is 1. The minimum Gasteiger partial charge on any atom is -0.378 e. The van der Waals surface area contributed by atoms with Gasteiger partial charge in [0.05, 0.1) is 6.10 Å². The molecule has 3 N–H and O–H groups in total. The van der Waals surface area contributed by atoms with Gasteiger partial charge in [-0.05, 0) is 25.8 Å². The summed E-state index contributed by atoms with van der Waals surface area (Å²) in [4.78, 5) is 12.1. The lowest BCUT2D eigenvalue weighted by molar-refractivity contribution is 0.0136. The first kappa shape index (κ1) is 15.0. The number of primary sulfonamides is 1. The van der Waals surface area contributed by atoms with E-state index in [1.807, 2.05) is 6.92 Å². The van der Waals surface area contributed by atoms with Gasteiger partial charge in [-0.1, -0.05) is 0 Å². The smallest absolute Gasteiger partial charge is 0.268 e. The summed E-state index contributed by atoms with van der Waals surface area (Å²) in [6, 6.07) is 1.33. The van der Waals surface area contributed by atoms with Crippen LogP contribution in [0.3, 0.4) is 0 Å². The topological polar surface area (TPSA) is 103 Å². The Morgan fingerprint density at radius 2 is 2.25 bits per heavy atom. The number of amides is 1. The van der Waals surface area contributed by atoms with E-state index in [0.717, 1.165) is 12.8 Å². The third-order valence-electron chi connectivity index (χ3n) is 3.36. The van der Waals surface area contributed by atoms with E-state index in [0.29, 0.717) is 6.61 Å². The number of nitrogens with two attached hydrogens (primary N) is 1. The Kier molecular flexibility index (Phi) is 4.17. The molecule has 7 nitrogen and oxygen atoms in total. The molecule has 112 valence electrons. The predicted molar refractivity (Wildman–Crippen MR) is 72.7 cm³/mol. The zero-order chi connectivity index (χ0) is 14.9. The molecule has 2 rings (SSSR count). The number of hydrogen-bond acceptors (Lipinski definition) is 4. The normalized spacial score (nSPS) is 23.6. The van der Waals surface area contributed by atoms with E-state index >= 15 is 0 Å². The molecule has 0 spiro atoms. The number of aromatic nitrogens is 1. The lowest BCUT2D eigenvalue weighted by Crippen LogP contribution is -2.41. The van der Waals surface area contributed by atoms with Gasteiger partial charge in [0, 0.05) is 25.9 Å². The molecule has 1 fully saturated rings. The highest BCUT2D eigenvalue weighted by molar-refractivity contribution is 7.89. The third-order valence-corrected chi connectivity index (χ3v) is 4.24. The Labute approximate surface area is 118 Å². The lowest BCUT2D eigenvalue weighted by Gasteiger charge is -2.27. The Bertz CT molecular complexity index is 608. The molecule has 0 aromatic carbocycles. The molecular formula is C12H19N3O4S. The van der Waals surface area contributed by atoms with Crippen molar-refractivity contribution in [1.82, 2.24) is 9.88 Å². The first-order valence-electron chi connectivity index (χ1n) is 6.39. The summed E-state index contributed by atoms with van der Waals surface area (Å²) in [5.74, 6) is -0.304. The van der Waals surface area contributed by atoms with Crippen LogP contribution in [0.25, 0.3) is 0 Å². The van der Waals surface area contributed by atoms with Crippen LogP contribution in [0.2, 0.25) is 0 Å². The van der Waals surface area contributed by atoms with Crippen LogP contribution >= 0.6 is 0 Å². The van der Waals surface area contributed by atoms with E-state index in [4.69, 9.17) is 9.88 Å². The highest BCUT2D eigenvalue weighted by atomic mass is 32.2.